The van der Waals surface area contributed by atoms with Crippen LogP contribution in [0.3, 0.4) is 0 Å². The fourth-order valence-corrected chi connectivity index (χ4v) is 5.83. The van der Waals surface area contributed by atoms with Crippen LogP contribution in [0.4, 0.5) is 4.79 Å². The van der Waals surface area contributed by atoms with Crippen LogP contribution in [0.15, 0.2) is 12.3 Å². The monoisotopic (exact) mass is 442 g/mol. The van der Waals surface area contributed by atoms with E-state index in [1.54, 1.807) is 11.9 Å². The molecule has 7 heteroatoms. The SMILES string of the molecule is COC(=O)N(C)[C@]1(C)C[C@H](C(=O)N2CCC3(CC2)CC(c2ccnc(C(C)(C)C)n2)C3)C1. The van der Waals surface area contributed by atoms with Crippen LogP contribution in [0.5, 0.6) is 0 Å². The number of hydrogen-bond acceptors (Lipinski definition) is 5. The quantitative estimate of drug-likeness (QED) is 0.704. The van der Waals surface area contributed by atoms with Gasteiger partial charge in [-0.2, -0.15) is 0 Å². The van der Waals surface area contributed by atoms with Gasteiger partial charge in [0.25, 0.3) is 0 Å². The number of piperidine rings is 1. The van der Waals surface area contributed by atoms with Crippen molar-refractivity contribution in [2.24, 2.45) is 11.3 Å². The molecule has 3 aliphatic rings. The third-order valence-corrected chi connectivity index (χ3v) is 8.24. The van der Waals surface area contributed by atoms with Crippen LogP contribution in [0.25, 0.3) is 0 Å². The lowest BCUT2D eigenvalue weighted by molar-refractivity contribution is -0.147. The first-order chi connectivity index (χ1) is 15.0. The fraction of sp³-hybridized carbons (Fsp3) is 0.760. The fourth-order valence-electron chi connectivity index (χ4n) is 5.83. The molecule has 2 saturated carbocycles. The van der Waals surface area contributed by atoms with Crippen molar-refractivity contribution in [1.82, 2.24) is 19.8 Å². The summed E-state index contributed by atoms with van der Waals surface area (Å²) in [6, 6.07) is 2.07. The minimum absolute atomic E-state index is 0.0205. The van der Waals surface area contributed by atoms with Crippen LogP contribution in [0.1, 0.15) is 83.7 Å². The van der Waals surface area contributed by atoms with Crippen LogP contribution in [0.2, 0.25) is 0 Å². The van der Waals surface area contributed by atoms with E-state index in [2.05, 4.69) is 36.7 Å². The molecule has 1 aliphatic heterocycles. The number of hydrogen-bond donors (Lipinski definition) is 0. The predicted octanol–water partition coefficient (Wildman–Crippen LogP) is 4.13. The van der Waals surface area contributed by atoms with E-state index in [-0.39, 0.29) is 28.9 Å². The third-order valence-electron chi connectivity index (χ3n) is 8.24. The average Bonchev–Trinajstić information content (AvgIpc) is 2.73. The maximum Gasteiger partial charge on any atom is 0.409 e. The van der Waals surface area contributed by atoms with Gasteiger partial charge >= 0.3 is 6.09 Å². The molecule has 2 amide bonds. The molecule has 3 fully saturated rings. The van der Waals surface area contributed by atoms with Crippen molar-refractivity contribution in [3.63, 3.8) is 0 Å². The first kappa shape index (κ1) is 23.0. The Morgan fingerprint density at radius 2 is 1.78 bits per heavy atom. The van der Waals surface area contributed by atoms with E-state index in [0.29, 0.717) is 24.2 Å². The highest BCUT2D eigenvalue weighted by Gasteiger charge is 2.52. The lowest BCUT2D eigenvalue weighted by atomic mass is 9.56. The smallest absolute Gasteiger partial charge is 0.409 e. The molecule has 0 aromatic carbocycles. The molecule has 0 radical (unpaired) electrons. The zero-order valence-corrected chi connectivity index (χ0v) is 20.5. The minimum Gasteiger partial charge on any atom is -0.453 e. The van der Waals surface area contributed by atoms with Crippen molar-refractivity contribution in [3.05, 3.63) is 23.8 Å². The second-order valence-electron chi connectivity index (χ2n) is 11.6. The van der Waals surface area contributed by atoms with Gasteiger partial charge < -0.3 is 14.5 Å². The van der Waals surface area contributed by atoms with Gasteiger partial charge in [0, 0.05) is 54.8 Å². The van der Waals surface area contributed by atoms with Gasteiger partial charge in [-0.1, -0.05) is 20.8 Å². The molecule has 32 heavy (non-hydrogen) atoms. The van der Waals surface area contributed by atoms with Gasteiger partial charge in [0.05, 0.1) is 7.11 Å². The topological polar surface area (TPSA) is 75.6 Å². The van der Waals surface area contributed by atoms with Crippen molar-refractivity contribution in [3.8, 4) is 0 Å². The molecule has 0 bridgehead atoms. The van der Waals surface area contributed by atoms with Gasteiger partial charge in [-0.05, 0) is 56.9 Å². The minimum atomic E-state index is -0.337. The molecule has 1 aromatic rings. The highest BCUT2D eigenvalue weighted by Crippen LogP contribution is 2.56. The maximum absolute atomic E-state index is 13.0. The predicted molar refractivity (Wildman–Crippen MR) is 122 cm³/mol. The summed E-state index contributed by atoms with van der Waals surface area (Å²) >= 11 is 0. The lowest BCUT2D eigenvalue weighted by Crippen LogP contribution is -2.60. The number of carbonyl (C=O) groups is 2. The molecule has 1 saturated heterocycles. The summed E-state index contributed by atoms with van der Waals surface area (Å²) in [6.07, 6.45) is 7.49. The van der Waals surface area contributed by atoms with Crippen LogP contribution >= 0.6 is 0 Å². The van der Waals surface area contributed by atoms with Crippen molar-refractivity contribution in [2.45, 2.75) is 83.1 Å². The van der Waals surface area contributed by atoms with E-state index in [9.17, 15) is 9.59 Å². The molecule has 1 spiro atoms. The van der Waals surface area contributed by atoms with Gasteiger partial charge in [0.15, 0.2) is 0 Å². The lowest BCUT2D eigenvalue weighted by Gasteiger charge is -2.54. The van der Waals surface area contributed by atoms with Crippen LogP contribution < -0.4 is 0 Å². The molecular weight excluding hydrogens is 404 g/mol. The van der Waals surface area contributed by atoms with Crippen LogP contribution in [-0.2, 0) is 14.9 Å². The molecule has 2 heterocycles. The largest absolute Gasteiger partial charge is 0.453 e. The van der Waals surface area contributed by atoms with Gasteiger partial charge in [-0.15, -0.1) is 0 Å². The highest BCUT2D eigenvalue weighted by molar-refractivity contribution is 5.81. The Balaban J connectivity index is 1.27. The van der Waals surface area contributed by atoms with E-state index >= 15 is 0 Å². The Hall–Kier alpha value is -2.18. The number of rotatable bonds is 3. The van der Waals surface area contributed by atoms with E-state index < -0.39 is 0 Å². The van der Waals surface area contributed by atoms with Crippen LogP contribution in [-0.4, -0.2) is 64.6 Å². The van der Waals surface area contributed by atoms with Gasteiger partial charge in [0.1, 0.15) is 5.82 Å². The Labute approximate surface area is 191 Å². The van der Waals surface area contributed by atoms with Crippen molar-refractivity contribution >= 4 is 12.0 Å². The molecular formula is C25H38N4O3. The Kier molecular flexibility index (Phi) is 5.74. The Morgan fingerprint density at radius 3 is 2.34 bits per heavy atom. The van der Waals surface area contributed by atoms with Crippen molar-refractivity contribution < 1.29 is 14.3 Å². The zero-order chi connectivity index (χ0) is 23.3. The molecule has 2 aliphatic carbocycles. The Bertz CT molecular complexity index is 871. The van der Waals surface area contributed by atoms with Gasteiger partial charge in [0.2, 0.25) is 5.91 Å². The number of nitrogens with zero attached hydrogens (tertiary/aromatic N) is 4. The third kappa shape index (κ3) is 4.11. The molecule has 176 valence electrons. The maximum atomic E-state index is 13.0. The summed E-state index contributed by atoms with van der Waals surface area (Å²) in [5.41, 5.74) is 1.23. The van der Waals surface area contributed by atoms with Crippen molar-refractivity contribution in [1.29, 1.82) is 0 Å². The highest BCUT2D eigenvalue weighted by atomic mass is 16.5. The summed E-state index contributed by atoms with van der Waals surface area (Å²) in [5, 5.41) is 0. The molecule has 7 nitrogen and oxygen atoms in total. The van der Waals surface area contributed by atoms with E-state index in [1.165, 1.54) is 25.6 Å². The summed E-state index contributed by atoms with van der Waals surface area (Å²) in [4.78, 5) is 37.9. The van der Waals surface area contributed by atoms with E-state index in [4.69, 9.17) is 9.72 Å². The molecule has 4 rings (SSSR count). The van der Waals surface area contributed by atoms with Crippen molar-refractivity contribution in [2.75, 3.05) is 27.2 Å². The van der Waals surface area contributed by atoms with E-state index in [1.807, 2.05) is 13.1 Å². The summed E-state index contributed by atoms with van der Waals surface area (Å²) in [7, 11) is 3.15. The summed E-state index contributed by atoms with van der Waals surface area (Å²) in [5.74, 6) is 1.72. The summed E-state index contributed by atoms with van der Waals surface area (Å²) < 4.78 is 4.84. The number of likely N-dealkylation sites (tertiary alicyclic amines) is 1. The summed E-state index contributed by atoms with van der Waals surface area (Å²) in [6.45, 7) is 10.2. The number of methoxy groups -OCH3 is 1. The normalized spacial score (nSPS) is 27.4. The second-order valence-corrected chi connectivity index (χ2v) is 11.6. The van der Waals surface area contributed by atoms with E-state index in [0.717, 1.165) is 31.8 Å². The number of ether oxygens (including phenoxy) is 1. The van der Waals surface area contributed by atoms with Gasteiger partial charge in [-0.3, -0.25) is 4.79 Å². The molecule has 0 N–H and O–H groups in total. The molecule has 0 atom stereocenters. The Morgan fingerprint density at radius 1 is 1.16 bits per heavy atom. The average molecular weight is 443 g/mol. The molecule has 0 unspecified atom stereocenters. The number of amides is 2. The molecule has 1 aromatic heterocycles. The first-order valence-corrected chi connectivity index (χ1v) is 11.9. The van der Waals surface area contributed by atoms with Gasteiger partial charge in [-0.25, -0.2) is 14.8 Å². The second kappa shape index (κ2) is 7.99. The zero-order valence-electron chi connectivity index (χ0n) is 20.5. The van der Waals surface area contributed by atoms with Crippen LogP contribution in [0, 0.1) is 11.3 Å². The number of carbonyl (C=O) groups excluding carboxylic acids is 2. The number of aromatic nitrogens is 2. The standard InChI is InChI=1S/C25H38N4O3/c1-23(2,3)21-26-10-7-19(27-21)17-15-25(16-17)8-11-29(12-9-25)20(30)18-13-24(4,14-18)28(5)22(31)32-6/h7,10,17-18H,8-9,11-16H2,1-6H3/t18-,24+. The first-order valence-electron chi connectivity index (χ1n) is 11.9.